The summed E-state index contributed by atoms with van der Waals surface area (Å²) in [5.74, 6) is -16.9. The molecule has 344 valence electrons. The monoisotopic (exact) mass is 904 g/mol. The lowest BCUT2D eigenvalue weighted by Gasteiger charge is -2.45. The van der Waals surface area contributed by atoms with Gasteiger partial charge in [-0.15, -0.1) is 0 Å². The summed E-state index contributed by atoms with van der Waals surface area (Å²) in [6.07, 6.45) is -2.57. The summed E-state index contributed by atoms with van der Waals surface area (Å²) in [5.41, 5.74) is 1.25. The van der Waals surface area contributed by atoms with Crippen LogP contribution in [0.5, 0.6) is 11.5 Å². The van der Waals surface area contributed by atoms with Crippen LogP contribution in [0.2, 0.25) is 0 Å². The minimum atomic E-state index is -5.63. The number of carbonyl (C=O) groups excluding carboxylic acids is 5. The van der Waals surface area contributed by atoms with Crippen LogP contribution in [-0.4, -0.2) is 90.7 Å². The van der Waals surface area contributed by atoms with E-state index < -0.39 is 90.1 Å². The number of benzene rings is 3. The van der Waals surface area contributed by atoms with E-state index in [1.807, 2.05) is 0 Å². The van der Waals surface area contributed by atoms with E-state index >= 15 is 0 Å². The molecule has 0 heterocycles. The van der Waals surface area contributed by atoms with Gasteiger partial charge >= 0.3 is 41.9 Å². The van der Waals surface area contributed by atoms with Crippen LogP contribution in [0, 0.1) is 23.7 Å². The molecule has 0 saturated heterocycles. The summed E-state index contributed by atoms with van der Waals surface area (Å²) in [4.78, 5) is 86.3. The van der Waals surface area contributed by atoms with Crippen LogP contribution in [0.15, 0.2) is 72.8 Å². The predicted molar refractivity (Wildman–Crippen MR) is 217 cm³/mol. The van der Waals surface area contributed by atoms with Gasteiger partial charge in [0, 0.05) is 36.8 Å². The molecule has 4 N–H and O–H groups in total. The molecule has 0 radical (unpaired) electrons. The molecule has 4 rings (SSSR count). The number of halogens is 5. The number of Topliss-reactive ketones (excluding diaryl/α,β-unsaturated/α-hetero) is 1. The second-order valence-electron chi connectivity index (χ2n) is 14.6. The van der Waals surface area contributed by atoms with Gasteiger partial charge in [-0.05, 0) is 105 Å². The zero-order valence-electron chi connectivity index (χ0n) is 34.5. The highest BCUT2D eigenvalue weighted by molar-refractivity contribution is 6.04. The fraction of sp³-hybridized carbons (Fsp3) is 0.386. The van der Waals surface area contributed by atoms with E-state index in [0.717, 1.165) is 6.92 Å². The number of ether oxygens (including phenoxy) is 4. The average molecular weight is 905 g/mol. The van der Waals surface area contributed by atoms with Crippen LogP contribution in [-0.2, 0) is 33.4 Å². The van der Waals surface area contributed by atoms with Gasteiger partial charge < -0.3 is 39.8 Å². The maximum absolute atomic E-state index is 13.1. The third-order valence-corrected chi connectivity index (χ3v) is 10.0. The Balaban J connectivity index is 1.12. The molecule has 1 aliphatic carbocycles. The molecule has 0 aromatic heterocycles. The topological polar surface area (TPSA) is 221 Å². The van der Waals surface area contributed by atoms with Crippen molar-refractivity contribution in [2.24, 2.45) is 23.7 Å². The summed E-state index contributed by atoms with van der Waals surface area (Å²) < 4.78 is 83.9. The molecule has 0 spiro atoms. The molecule has 0 aliphatic heterocycles. The predicted octanol–water partition coefficient (Wildman–Crippen LogP) is 7.45. The van der Waals surface area contributed by atoms with Crippen LogP contribution >= 0.6 is 0 Å². The van der Waals surface area contributed by atoms with Gasteiger partial charge in [-0.25, -0.2) is 14.4 Å². The maximum Gasteiger partial charge on any atom is 0.453 e. The molecule has 15 nitrogen and oxygen atoms in total. The SMILES string of the molecule is CNc1cc(NC(=O)C2C(C(=O)O)C(C(C)=O)C2C(=O)O)cc(C(=O)OCCCCCCOC(=O)C=Cc2ccc(OC(=O)c3ccc(OCCCC(F)(F)C(F)(F)F)cc3)cc2)c1. The number of hydrogen-bond acceptors (Lipinski definition) is 12. The second kappa shape index (κ2) is 22.5. The third kappa shape index (κ3) is 13.8. The first-order valence-electron chi connectivity index (χ1n) is 19.8. The Bertz CT molecular complexity index is 2170. The van der Waals surface area contributed by atoms with Crippen LogP contribution in [0.1, 0.15) is 71.7 Å². The van der Waals surface area contributed by atoms with Crippen molar-refractivity contribution in [1.29, 1.82) is 0 Å². The molecule has 3 aromatic carbocycles. The van der Waals surface area contributed by atoms with Gasteiger partial charge in [0.15, 0.2) is 0 Å². The quantitative estimate of drug-likeness (QED) is 0.0239. The van der Waals surface area contributed by atoms with Gasteiger partial charge in [0.25, 0.3) is 0 Å². The summed E-state index contributed by atoms with van der Waals surface area (Å²) in [6, 6.07) is 15.8. The Morgan fingerprint density at radius 2 is 1.23 bits per heavy atom. The fourth-order valence-electron chi connectivity index (χ4n) is 6.70. The van der Waals surface area contributed by atoms with E-state index in [0.29, 0.717) is 36.9 Å². The van der Waals surface area contributed by atoms with E-state index in [-0.39, 0.29) is 48.1 Å². The number of hydrogen-bond donors (Lipinski definition) is 4. The van der Waals surface area contributed by atoms with E-state index in [2.05, 4.69) is 10.6 Å². The minimum Gasteiger partial charge on any atom is -0.494 e. The van der Waals surface area contributed by atoms with Crippen molar-refractivity contribution in [3.05, 3.63) is 89.5 Å². The Labute approximate surface area is 362 Å². The number of nitrogens with one attached hydrogen (secondary N) is 2. The number of unbranched alkanes of at least 4 members (excludes halogenated alkanes) is 3. The van der Waals surface area contributed by atoms with Crippen LogP contribution in [0.25, 0.3) is 6.08 Å². The van der Waals surface area contributed by atoms with Crippen molar-refractivity contribution in [3.8, 4) is 11.5 Å². The Hall–Kier alpha value is -6.86. The van der Waals surface area contributed by atoms with E-state index in [9.17, 15) is 65.7 Å². The van der Waals surface area contributed by atoms with Crippen molar-refractivity contribution in [3.63, 3.8) is 0 Å². The number of esters is 3. The summed E-state index contributed by atoms with van der Waals surface area (Å²) in [6.45, 7) is 0.874. The number of alkyl halides is 5. The standard InChI is InChI=1S/C44H45F5N2O13/c1-25(52)34-36(39(55)56)35(37(34)40(57)58)38(54)51-30-23-28(22-29(24-30)50-2)41(59)63-20-6-4-3-5-19-62-33(53)17-10-26-8-13-32(14-9-26)64-42(60)27-11-15-31(16-12-27)61-21-7-18-43(45,46)44(47,48)49/h8-17,22-24,34-37,50H,3-7,18-21H2,1-2H3,(H,51,54)(H,55,56)(H,57,58). The first-order valence-corrected chi connectivity index (χ1v) is 19.8. The number of carboxylic acids is 2. The maximum atomic E-state index is 13.1. The number of amides is 1. The number of ketones is 1. The first-order chi connectivity index (χ1) is 30.2. The first kappa shape index (κ1) is 49.8. The van der Waals surface area contributed by atoms with Gasteiger partial charge in [0.2, 0.25) is 5.91 Å². The molecule has 64 heavy (non-hydrogen) atoms. The molecule has 20 heteroatoms. The molecule has 1 amide bonds. The summed E-state index contributed by atoms with van der Waals surface area (Å²) in [5, 5.41) is 24.5. The second-order valence-corrected chi connectivity index (χ2v) is 14.6. The zero-order chi connectivity index (χ0) is 47.2. The Kier molecular flexibility index (Phi) is 17.5. The van der Waals surface area contributed by atoms with Crippen molar-refractivity contribution in [2.75, 3.05) is 37.5 Å². The van der Waals surface area contributed by atoms with Gasteiger partial charge in [-0.2, -0.15) is 22.0 Å². The van der Waals surface area contributed by atoms with E-state index in [1.54, 1.807) is 19.2 Å². The molecular formula is C44H45F5N2O13. The highest BCUT2D eigenvalue weighted by atomic mass is 19.4. The lowest BCUT2D eigenvalue weighted by molar-refractivity contribution is -0.284. The Morgan fingerprint density at radius 3 is 1.80 bits per heavy atom. The van der Waals surface area contributed by atoms with Crippen molar-refractivity contribution >= 4 is 59.0 Å². The molecule has 2 unspecified atom stereocenters. The third-order valence-electron chi connectivity index (χ3n) is 10.0. The molecule has 1 aliphatic rings. The number of carbonyl (C=O) groups is 7. The molecular weight excluding hydrogens is 859 g/mol. The minimum absolute atomic E-state index is 0.0544. The van der Waals surface area contributed by atoms with Gasteiger partial charge in [0.05, 0.1) is 48.7 Å². The molecule has 1 saturated carbocycles. The van der Waals surface area contributed by atoms with E-state index in [4.69, 9.17) is 18.9 Å². The molecule has 1 fully saturated rings. The summed E-state index contributed by atoms with van der Waals surface area (Å²) >= 11 is 0. The highest BCUT2D eigenvalue weighted by Gasteiger charge is 2.62. The molecule has 0 bridgehead atoms. The number of anilines is 2. The Morgan fingerprint density at radius 1 is 0.656 bits per heavy atom. The normalized spacial score (nSPS) is 17.1. The number of aliphatic carboxylic acids is 2. The highest BCUT2D eigenvalue weighted by Crippen LogP contribution is 2.48. The van der Waals surface area contributed by atoms with Crippen LogP contribution in [0.4, 0.5) is 33.3 Å². The van der Waals surface area contributed by atoms with E-state index in [1.165, 1.54) is 66.7 Å². The largest absolute Gasteiger partial charge is 0.494 e. The number of rotatable bonds is 23. The average Bonchev–Trinajstić information content (AvgIpc) is 3.21. The van der Waals surface area contributed by atoms with Crippen LogP contribution in [0.3, 0.4) is 0 Å². The summed E-state index contributed by atoms with van der Waals surface area (Å²) in [7, 11) is 1.56. The van der Waals surface area contributed by atoms with Gasteiger partial charge in [-0.1, -0.05) is 12.1 Å². The lowest BCUT2D eigenvalue weighted by atomic mass is 9.55. The van der Waals surface area contributed by atoms with Crippen molar-refractivity contribution in [1.82, 2.24) is 0 Å². The smallest absolute Gasteiger partial charge is 0.453 e. The van der Waals surface area contributed by atoms with Gasteiger partial charge in [0.1, 0.15) is 17.3 Å². The molecule has 2 atom stereocenters. The van der Waals surface area contributed by atoms with Crippen molar-refractivity contribution < 1.29 is 84.7 Å². The number of carboxylic acid groups (broad SMARTS) is 2. The molecule has 3 aromatic rings. The lowest BCUT2D eigenvalue weighted by Crippen LogP contribution is -2.60. The van der Waals surface area contributed by atoms with Gasteiger partial charge in [-0.3, -0.25) is 19.2 Å². The fourth-order valence-corrected chi connectivity index (χ4v) is 6.70. The van der Waals surface area contributed by atoms with Crippen LogP contribution < -0.4 is 20.1 Å². The van der Waals surface area contributed by atoms with Crippen molar-refractivity contribution in [2.45, 2.75) is 57.5 Å². The zero-order valence-corrected chi connectivity index (χ0v) is 34.5.